The molecule has 4 N–H and O–H groups in total. The monoisotopic (exact) mass is 329 g/mol. The van der Waals surface area contributed by atoms with Crippen LogP contribution in [-0.2, 0) is 12.8 Å². The molecule has 0 unspecified atom stereocenters. The van der Waals surface area contributed by atoms with E-state index in [4.69, 9.17) is 5.73 Å². The maximum atomic E-state index is 9.18. The van der Waals surface area contributed by atoms with Crippen molar-refractivity contribution in [3.8, 4) is 0 Å². The number of nitrogens with two attached hydrogens (primary N) is 1. The van der Waals surface area contributed by atoms with E-state index in [9.17, 15) is 10.2 Å². The fourth-order valence-electron chi connectivity index (χ4n) is 2.41. The lowest BCUT2D eigenvalue weighted by Crippen LogP contribution is -2.47. The van der Waals surface area contributed by atoms with Crippen molar-refractivity contribution in [3.63, 3.8) is 0 Å². The van der Waals surface area contributed by atoms with E-state index in [1.807, 2.05) is 0 Å². The first-order valence-corrected chi connectivity index (χ1v) is 8.22. The van der Waals surface area contributed by atoms with Crippen molar-refractivity contribution in [2.45, 2.75) is 63.8 Å². The zero-order valence-corrected chi connectivity index (χ0v) is 14.6. The summed E-state index contributed by atoms with van der Waals surface area (Å²) < 4.78 is 0. The van der Waals surface area contributed by atoms with Crippen molar-refractivity contribution in [1.82, 2.24) is 0 Å². The highest BCUT2D eigenvalue weighted by Gasteiger charge is 2.22. The zero-order chi connectivity index (χ0) is 15.6. The van der Waals surface area contributed by atoms with Gasteiger partial charge in [-0.3, -0.25) is 0 Å². The third-order valence-corrected chi connectivity index (χ3v) is 4.13. The van der Waals surface area contributed by atoms with Gasteiger partial charge in [0.15, 0.2) is 0 Å². The number of hydrogen-bond donors (Lipinski definition) is 3. The molecule has 0 atom stereocenters. The predicted molar refractivity (Wildman–Crippen MR) is 95.6 cm³/mol. The van der Waals surface area contributed by atoms with Gasteiger partial charge in [0, 0.05) is 0 Å². The van der Waals surface area contributed by atoms with Crippen molar-refractivity contribution >= 4 is 12.4 Å². The van der Waals surface area contributed by atoms with Crippen LogP contribution >= 0.6 is 12.4 Å². The Morgan fingerprint density at radius 3 is 1.86 bits per heavy atom. The minimum atomic E-state index is -0.863. The molecule has 0 aliphatic heterocycles. The molecule has 0 aliphatic rings. The molecule has 0 saturated carbocycles. The Morgan fingerprint density at radius 2 is 1.36 bits per heavy atom. The molecule has 4 heteroatoms. The number of rotatable bonds is 11. The third-order valence-electron chi connectivity index (χ3n) is 4.13. The van der Waals surface area contributed by atoms with E-state index in [-0.39, 0.29) is 25.6 Å². The minimum absolute atomic E-state index is 0. The SMILES string of the molecule is CCCCCCCc1ccc(CCC(N)(CO)CO)cc1.Cl. The molecule has 0 aliphatic carbocycles. The van der Waals surface area contributed by atoms with E-state index < -0.39 is 5.54 Å². The minimum Gasteiger partial charge on any atom is -0.394 e. The number of aliphatic hydroxyl groups is 2. The fraction of sp³-hybridized carbons (Fsp3) is 0.667. The Labute approximate surface area is 141 Å². The molecule has 0 fully saturated rings. The molecule has 1 aromatic rings. The lowest BCUT2D eigenvalue weighted by atomic mass is 9.93. The Hall–Kier alpha value is -0.610. The topological polar surface area (TPSA) is 66.5 Å². The Balaban J connectivity index is 0.00000441. The molecule has 22 heavy (non-hydrogen) atoms. The maximum absolute atomic E-state index is 9.18. The largest absolute Gasteiger partial charge is 0.394 e. The summed E-state index contributed by atoms with van der Waals surface area (Å²) in [7, 11) is 0. The highest BCUT2D eigenvalue weighted by Crippen LogP contribution is 2.14. The fourth-order valence-corrected chi connectivity index (χ4v) is 2.41. The van der Waals surface area contributed by atoms with Crippen LogP contribution in [0.2, 0.25) is 0 Å². The van der Waals surface area contributed by atoms with Gasteiger partial charge in [-0.05, 0) is 36.8 Å². The van der Waals surface area contributed by atoms with Crippen LogP contribution in [0.1, 0.15) is 56.6 Å². The van der Waals surface area contributed by atoms with E-state index in [1.54, 1.807) is 0 Å². The molecule has 0 heterocycles. The van der Waals surface area contributed by atoms with Crippen LogP contribution in [-0.4, -0.2) is 29.0 Å². The lowest BCUT2D eigenvalue weighted by molar-refractivity contribution is 0.115. The summed E-state index contributed by atoms with van der Waals surface area (Å²) >= 11 is 0. The Kier molecular flexibility index (Phi) is 11.6. The highest BCUT2D eigenvalue weighted by molar-refractivity contribution is 5.85. The predicted octanol–water partition coefficient (Wildman–Crippen LogP) is 3.24. The number of aliphatic hydroxyl groups excluding tert-OH is 2. The van der Waals surface area contributed by atoms with Crippen LogP contribution in [0.3, 0.4) is 0 Å². The molecular formula is C18H32ClNO2. The van der Waals surface area contributed by atoms with Crippen molar-refractivity contribution in [2.24, 2.45) is 5.73 Å². The summed E-state index contributed by atoms with van der Waals surface area (Å²) in [5.41, 5.74) is 7.61. The van der Waals surface area contributed by atoms with Crippen molar-refractivity contribution in [2.75, 3.05) is 13.2 Å². The normalized spacial score (nSPS) is 11.3. The van der Waals surface area contributed by atoms with E-state index in [0.29, 0.717) is 6.42 Å². The average Bonchev–Trinajstić information content (AvgIpc) is 2.53. The molecule has 0 radical (unpaired) electrons. The van der Waals surface area contributed by atoms with E-state index >= 15 is 0 Å². The number of halogens is 1. The lowest BCUT2D eigenvalue weighted by Gasteiger charge is -2.24. The summed E-state index contributed by atoms with van der Waals surface area (Å²) in [6, 6.07) is 8.64. The average molecular weight is 330 g/mol. The van der Waals surface area contributed by atoms with Gasteiger partial charge in [0.2, 0.25) is 0 Å². The Morgan fingerprint density at radius 1 is 0.864 bits per heavy atom. The first-order chi connectivity index (χ1) is 10.1. The van der Waals surface area contributed by atoms with Crippen LogP contribution in [0.4, 0.5) is 0 Å². The summed E-state index contributed by atoms with van der Waals surface area (Å²) in [4.78, 5) is 0. The molecule has 128 valence electrons. The van der Waals surface area contributed by atoms with Crippen LogP contribution in [0.15, 0.2) is 24.3 Å². The molecule has 0 bridgehead atoms. The summed E-state index contributed by atoms with van der Waals surface area (Å²) in [6.07, 6.45) is 9.09. The molecule has 1 rings (SSSR count). The standard InChI is InChI=1S/C18H31NO2.ClH/c1-2-3-4-5-6-7-16-8-10-17(11-9-16)12-13-18(19,14-20)15-21;/h8-11,20-21H,2-7,12-15,19H2,1H3;1H. The highest BCUT2D eigenvalue weighted by atomic mass is 35.5. The summed E-state index contributed by atoms with van der Waals surface area (Å²) in [6.45, 7) is 1.88. The van der Waals surface area contributed by atoms with Gasteiger partial charge >= 0.3 is 0 Å². The molecule has 0 aromatic heterocycles. The number of hydrogen-bond acceptors (Lipinski definition) is 3. The number of aryl methyl sites for hydroxylation is 2. The second-order valence-corrected chi connectivity index (χ2v) is 6.16. The van der Waals surface area contributed by atoms with E-state index in [1.165, 1.54) is 43.2 Å². The smallest absolute Gasteiger partial charge is 0.0633 e. The zero-order valence-electron chi connectivity index (χ0n) is 13.8. The Bertz CT molecular complexity index is 377. The van der Waals surface area contributed by atoms with Gasteiger partial charge in [0.1, 0.15) is 0 Å². The van der Waals surface area contributed by atoms with E-state index in [2.05, 4.69) is 31.2 Å². The first-order valence-electron chi connectivity index (χ1n) is 8.22. The van der Waals surface area contributed by atoms with Gasteiger partial charge < -0.3 is 15.9 Å². The molecule has 0 spiro atoms. The van der Waals surface area contributed by atoms with Gasteiger partial charge in [-0.25, -0.2) is 0 Å². The van der Waals surface area contributed by atoms with Crippen molar-refractivity contribution in [1.29, 1.82) is 0 Å². The van der Waals surface area contributed by atoms with Crippen molar-refractivity contribution in [3.05, 3.63) is 35.4 Å². The third kappa shape index (κ3) is 8.14. The van der Waals surface area contributed by atoms with Gasteiger partial charge in [0.05, 0.1) is 18.8 Å². The van der Waals surface area contributed by atoms with Gasteiger partial charge in [-0.1, -0.05) is 56.9 Å². The van der Waals surface area contributed by atoms with Crippen LogP contribution < -0.4 is 5.73 Å². The second kappa shape index (κ2) is 11.9. The molecule has 1 aromatic carbocycles. The molecule has 0 saturated heterocycles. The van der Waals surface area contributed by atoms with Crippen molar-refractivity contribution < 1.29 is 10.2 Å². The van der Waals surface area contributed by atoms with Gasteiger partial charge in [-0.15, -0.1) is 12.4 Å². The number of unbranched alkanes of at least 4 members (excludes halogenated alkanes) is 4. The molecule has 3 nitrogen and oxygen atoms in total. The van der Waals surface area contributed by atoms with Gasteiger partial charge in [-0.2, -0.15) is 0 Å². The maximum Gasteiger partial charge on any atom is 0.0633 e. The van der Waals surface area contributed by atoms with Crippen LogP contribution in [0, 0.1) is 0 Å². The van der Waals surface area contributed by atoms with E-state index in [0.717, 1.165) is 12.8 Å². The number of benzene rings is 1. The first kappa shape index (κ1) is 21.4. The van der Waals surface area contributed by atoms with Crippen LogP contribution in [0.25, 0.3) is 0 Å². The summed E-state index contributed by atoms with van der Waals surface area (Å²) in [5, 5.41) is 18.4. The van der Waals surface area contributed by atoms with Gasteiger partial charge in [0.25, 0.3) is 0 Å². The second-order valence-electron chi connectivity index (χ2n) is 6.16. The quantitative estimate of drug-likeness (QED) is 0.546. The summed E-state index contributed by atoms with van der Waals surface area (Å²) in [5.74, 6) is 0. The molecule has 0 amide bonds. The molecular weight excluding hydrogens is 298 g/mol. The van der Waals surface area contributed by atoms with Crippen LogP contribution in [0.5, 0.6) is 0 Å².